The van der Waals surface area contributed by atoms with Gasteiger partial charge in [0.1, 0.15) is 92.9 Å². The number of aliphatic hydroxyl groups is 1. The van der Waals surface area contributed by atoms with Crippen molar-refractivity contribution in [1.29, 1.82) is 0 Å². The van der Waals surface area contributed by atoms with Gasteiger partial charge in [0.25, 0.3) is 0 Å². The zero-order valence-corrected chi connectivity index (χ0v) is 57.5. The second kappa shape index (κ2) is 39.7. The Morgan fingerprint density at radius 2 is 0.913 bits per heavy atom. The number of carbonyl (C=O) groups excluding carboxylic acids is 7. The summed E-state index contributed by atoms with van der Waals surface area (Å²) >= 11 is 0. The third-order valence-electron chi connectivity index (χ3n) is 16.4. The molecule has 0 unspecified atom stereocenters. The van der Waals surface area contributed by atoms with Crippen molar-refractivity contribution in [1.82, 2.24) is 5.32 Å². The lowest BCUT2D eigenvalue weighted by molar-refractivity contribution is -0.452. The standard InChI is InChI=1S/C68H83N7O28/c1-38(76)88-35-46-51(84-5)53(90-31-42-21-13-9-14-22-42)49(72-74-69)65(98-46)101-57-58(93-34-45-27-19-12-20-28-45)62(97-41(4)79)68(83,103-60(57)64(82)86-7)95-30-29-71-48(80)37-94-52-47(36-89-39(2)77)99-66(50(73-75-70)54(52)91-32-43-23-15-10-16-24-43)100-56-55(92-33-44-25-17-11-18-26-44)61(96-40(3)78)67(87-8)102-59(56)63(81)85-6/h9-28,46-47,49-62,65-67,83H,29-37H2,1-8H3,(H,71,80)/t46-,47-,49-,50-,51-,52-,53-,54-,55+,56+,57+,58+,59-,60-,61-,62-,65-,66-,67-,68-/m1/s1. The van der Waals surface area contributed by atoms with Gasteiger partial charge in [0.15, 0.2) is 37.2 Å². The molecule has 0 aliphatic carbocycles. The number of esters is 6. The lowest BCUT2D eigenvalue weighted by Crippen LogP contribution is -2.71. The first-order chi connectivity index (χ1) is 49.7. The minimum Gasteiger partial charge on any atom is -0.467 e. The normalized spacial score (nSPS) is 29.6. The Bertz CT molecular complexity index is 3490. The van der Waals surface area contributed by atoms with Crippen molar-refractivity contribution in [2.24, 2.45) is 10.2 Å². The van der Waals surface area contributed by atoms with E-state index in [0.717, 1.165) is 35.0 Å². The van der Waals surface area contributed by atoms with Crippen LogP contribution in [0.1, 0.15) is 49.9 Å². The summed E-state index contributed by atoms with van der Waals surface area (Å²) in [5.41, 5.74) is 22.8. The van der Waals surface area contributed by atoms with Crippen LogP contribution in [0.2, 0.25) is 0 Å². The number of amides is 1. The van der Waals surface area contributed by atoms with Gasteiger partial charge in [0, 0.05) is 58.3 Å². The molecule has 1 amide bonds. The molecule has 103 heavy (non-hydrogen) atoms. The van der Waals surface area contributed by atoms with Gasteiger partial charge in [-0.2, -0.15) is 0 Å². The van der Waals surface area contributed by atoms with E-state index in [1.165, 1.54) is 21.1 Å². The van der Waals surface area contributed by atoms with E-state index in [0.29, 0.717) is 22.3 Å². The van der Waals surface area contributed by atoms with Crippen LogP contribution in [-0.2, 0) is 155 Å². The van der Waals surface area contributed by atoms with Crippen LogP contribution in [0.4, 0.5) is 0 Å². The summed E-state index contributed by atoms with van der Waals surface area (Å²) in [6.45, 7) is 0.551. The van der Waals surface area contributed by atoms with Gasteiger partial charge in [-0.1, -0.05) is 132 Å². The molecule has 0 radical (unpaired) electrons. The Kier molecular flexibility index (Phi) is 30.8. The maximum atomic E-state index is 14.2. The lowest BCUT2D eigenvalue weighted by atomic mass is 9.94. The largest absolute Gasteiger partial charge is 0.467 e. The van der Waals surface area contributed by atoms with Crippen LogP contribution in [0, 0.1) is 0 Å². The summed E-state index contributed by atoms with van der Waals surface area (Å²) < 4.78 is 120. The third-order valence-corrected chi connectivity index (χ3v) is 16.4. The van der Waals surface area contributed by atoms with Crippen molar-refractivity contribution in [3.05, 3.63) is 164 Å². The van der Waals surface area contributed by atoms with Crippen LogP contribution in [-0.4, -0.2) is 231 Å². The number of hydrogen-bond acceptors (Lipinski definition) is 30. The van der Waals surface area contributed by atoms with Crippen LogP contribution < -0.4 is 5.32 Å². The highest BCUT2D eigenvalue weighted by Crippen LogP contribution is 2.41. The van der Waals surface area contributed by atoms with Crippen molar-refractivity contribution in [2.45, 2.75) is 177 Å². The highest BCUT2D eigenvalue weighted by molar-refractivity contribution is 5.77. The van der Waals surface area contributed by atoms with Crippen molar-refractivity contribution < 1.29 is 133 Å². The number of hydrogen-bond donors (Lipinski definition) is 2. The summed E-state index contributed by atoms with van der Waals surface area (Å²) in [7, 11) is 4.65. The fourth-order valence-corrected chi connectivity index (χ4v) is 11.8. The average Bonchev–Trinajstić information content (AvgIpc) is 0.755. The first-order valence-electron chi connectivity index (χ1n) is 32.5. The molecule has 0 spiro atoms. The average molecular weight is 1450 g/mol. The minimum atomic E-state index is -3.17. The molecule has 35 heteroatoms. The minimum absolute atomic E-state index is 0.0662. The molecule has 4 heterocycles. The summed E-state index contributed by atoms with van der Waals surface area (Å²) in [5.74, 6) is -9.58. The fraction of sp³-hybridized carbons (Fsp3) is 0.544. The van der Waals surface area contributed by atoms with Gasteiger partial charge in [-0.15, -0.1) is 0 Å². The van der Waals surface area contributed by atoms with E-state index in [4.69, 9.17) is 94.7 Å². The summed E-state index contributed by atoms with van der Waals surface area (Å²) in [6, 6.07) is 31.8. The van der Waals surface area contributed by atoms with Crippen molar-refractivity contribution >= 4 is 41.7 Å². The lowest BCUT2D eigenvalue weighted by Gasteiger charge is -2.50. The SMILES string of the molecule is COC(=O)[C@@H]1O[C@@H](OC)[C@H](OC(C)=O)[C@@H](OCc2ccccc2)[C@@H]1O[C@H]1O[C@H](COC(C)=O)[C@@H](OCC(=O)NCCO[C@@]2(O)O[C@@H](C(=O)OC)[C@@H](O[C@H]3O[C@H](COC(C)=O)[C@@H](OC)[C@H](OCc4ccccc4)[C@H]3N=[N+]=[N-])[C@H](OCc3ccccc3)[C@H]2OC(C)=O)[C@H](OCc2ccccc2)[C@H]1N=[N+]=[N-]. The van der Waals surface area contributed by atoms with Gasteiger partial charge in [0.2, 0.25) is 12.0 Å². The van der Waals surface area contributed by atoms with Crippen LogP contribution in [0.25, 0.3) is 20.9 Å². The number of nitrogens with one attached hydrogen (secondary N) is 1. The predicted octanol–water partition coefficient (Wildman–Crippen LogP) is 4.19. The number of ether oxygens (including phenoxy) is 20. The Labute approximate surface area is 591 Å². The van der Waals surface area contributed by atoms with E-state index < -0.39 is 197 Å². The molecule has 4 aliphatic heterocycles. The highest BCUT2D eigenvalue weighted by Gasteiger charge is 2.63. The van der Waals surface area contributed by atoms with E-state index in [-0.39, 0.29) is 26.4 Å². The molecule has 4 aromatic carbocycles. The molecule has 0 saturated carbocycles. The molecule has 4 saturated heterocycles. The molecule has 4 aromatic rings. The number of rotatable bonds is 35. The first-order valence-corrected chi connectivity index (χ1v) is 32.5. The van der Waals surface area contributed by atoms with Gasteiger partial charge in [-0.3, -0.25) is 24.0 Å². The molecule has 558 valence electrons. The second-order valence-electron chi connectivity index (χ2n) is 23.5. The third kappa shape index (κ3) is 22.1. The first kappa shape index (κ1) is 79.9. The predicted molar refractivity (Wildman–Crippen MR) is 346 cm³/mol. The molecule has 0 aromatic heterocycles. The quantitative estimate of drug-likeness (QED) is 0.0124. The molecule has 0 bridgehead atoms. The zero-order valence-electron chi connectivity index (χ0n) is 57.5. The Hall–Kier alpha value is -8.81. The van der Waals surface area contributed by atoms with E-state index in [1.807, 2.05) is 0 Å². The van der Waals surface area contributed by atoms with E-state index in [2.05, 4.69) is 25.4 Å². The second-order valence-corrected chi connectivity index (χ2v) is 23.5. The molecule has 4 fully saturated rings. The van der Waals surface area contributed by atoms with Crippen LogP contribution >= 0.6 is 0 Å². The maximum Gasteiger partial charge on any atom is 0.338 e. The van der Waals surface area contributed by atoms with Crippen LogP contribution in [0.15, 0.2) is 132 Å². The molecule has 2 N–H and O–H groups in total. The van der Waals surface area contributed by atoms with Crippen molar-refractivity contribution in [3.8, 4) is 0 Å². The van der Waals surface area contributed by atoms with Crippen molar-refractivity contribution in [3.63, 3.8) is 0 Å². The number of methoxy groups -OCH3 is 4. The number of benzene rings is 4. The molecular formula is C68H83N7O28. The van der Waals surface area contributed by atoms with E-state index >= 15 is 0 Å². The molecular weight excluding hydrogens is 1360 g/mol. The maximum absolute atomic E-state index is 14.2. The highest BCUT2D eigenvalue weighted by atomic mass is 16.9. The van der Waals surface area contributed by atoms with Crippen molar-refractivity contribution in [2.75, 3.05) is 61.4 Å². The number of carbonyl (C=O) groups is 7. The summed E-state index contributed by atoms with van der Waals surface area (Å²) in [6.07, 6.45) is -27.1. The van der Waals surface area contributed by atoms with Gasteiger partial charge in [-0.05, 0) is 33.3 Å². The van der Waals surface area contributed by atoms with Gasteiger partial charge < -0.3 is 105 Å². The zero-order chi connectivity index (χ0) is 74.0. The van der Waals surface area contributed by atoms with Gasteiger partial charge >= 0.3 is 41.8 Å². The van der Waals surface area contributed by atoms with Crippen LogP contribution in [0.3, 0.4) is 0 Å². The monoisotopic (exact) mass is 1450 g/mol. The number of azide groups is 2. The number of nitrogens with zero attached hydrogens (tertiary/aromatic N) is 6. The Balaban J connectivity index is 1.06. The van der Waals surface area contributed by atoms with Crippen LogP contribution in [0.5, 0.6) is 0 Å². The topological polar surface area (TPSA) is 434 Å². The Morgan fingerprint density at radius 1 is 0.485 bits per heavy atom. The van der Waals surface area contributed by atoms with E-state index in [1.54, 1.807) is 121 Å². The summed E-state index contributed by atoms with van der Waals surface area (Å²) in [4.78, 5) is 99.0. The Morgan fingerprint density at radius 3 is 1.34 bits per heavy atom. The molecule has 8 rings (SSSR count). The van der Waals surface area contributed by atoms with Gasteiger partial charge in [-0.25, -0.2) is 9.59 Å². The smallest absolute Gasteiger partial charge is 0.338 e. The molecule has 35 nitrogen and oxygen atoms in total. The van der Waals surface area contributed by atoms with E-state index in [9.17, 15) is 49.7 Å². The molecule has 20 atom stereocenters. The summed E-state index contributed by atoms with van der Waals surface area (Å²) in [5, 5.41) is 23.3. The molecule has 4 aliphatic rings. The van der Waals surface area contributed by atoms with Gasteiger partial charge in [0.05, 0.1) is 47.3 Å². The fourth-order valence-electron chi connectivity index (χ4n) is 11.8.